The van der Waals surface area contributed by atoms with Crippen LogP contribution >= 0.6 is 0 Å². The number of amides is 1. The van der Waals surface area contributed by atoms with Gasteiger partial charge in [-0.3, -0.25) is 0 Å². The maximum atomic E-state index is 10.9. The van der Waals surface area contributed by atoms with Gasteiger partial charge in [0.25, 0.3) is 0 Å². The fourth-order valence-corrected chi connectivity index (χ4v) is 1.26. The molecule has 2 atom stereocenters. The minimum absolute atomic E-state index is 0.389. The van der Waals surface area contributed by atoms with Gasteiger partial charge in [0.2, 0.25) is 0 Å². The van der Waals surface area contributed by atoms with Crippen molar-refractivity contribution in [1.82, 2.24) is 5.32 Å². The minimum atomic E-state index is -0.731. The van der Waals surface area contributed by atoms with Crippen molar-refractivity contribution in [2.45, 2.75) is 19.1 Å². The minimum Gasteiger partial charge on any atom is -0.453 e. The molecule has 2 unspecified atom stereocenters. The predicted octanol–water partition coefficient (Wildman–Crippen LogP) is 1.46. The standard InChI is InChI=1S/C11H15NO3/c1-8(12-11(14)15-2)10(13)9-6-4-3-5-7-9/h3-8,10,13H,1-2H3,(H,12,14). The number of ether oxygens (including phenoxy) is 1. The summed E-state index contributed by atoms with van der Waals surface area (Å²) < 4.78 is 4.45. The third-order valence-electron chi connectivity index (χ3n) is 2.15. The number of benzene rings is 1. The number of aliphatic hydroxyl groups excluding tert-OH is 1. The molecule has 1 amide bonds. The van der Waals surface area contributed by atoms with Crippen LogP contribution in [0.3, 0.4) is 0 Å². The number of hydrogen-bond acceptors (Lipinski definition) is 3. The molecule has 0 heterocycles. The number of carbonyl (C=O) groups excluding carboxylic acids is 1. The Bertz CT molecular complexity index is 313. The molecule has 0 aliphatic heterocycles. The Morgan fingerprint density at radius 2 is 2.00 bits per heavy atom. The zero-order valence-corrected chi connectivity index (χ0v) is 8.81. The number of nitrogens with one attached hydrogen (secondary N) is 1. The number of hydrogen-bond donors (Lipinski definition) is 2. The van der Waals surface area contributed by atoms with E-state index >= 15 is 0 Å². The smallest absolute Gasteiger partial charge is 0.407 e. The summed E-state index contributed by atoms with van der Waals surface area (Å²) in [6.07, 6.45) is -1.28. The van der Waals surface area contributed by atoms with E-state index in [2.05, 4.69) is 10.1 Å². The first-order valence-corrected chi connectivity index (χ1v) is 4.72. The van der Waals surface area contributed by atoms with Crippen LogP contribution in [0, 0.1) is 0 Å². The van der Waals surface area contributed by atoms with Crippen molar-refractivity contribution in [2.75, 3.05) is 7.11 Å². The third kappa shape index (κ3) is 3.25. The maximum absolute atomic E-state index is 10.9. The van der Waals surface area contributed by atoms with E-state index in [-0.39, 0.29) is 6.04 Å². The van der Waals surface area contributed by atoms with E-state index in [4.69, 9.17) is 0 Å². The number of carbonyl (C=O) groups is 1. The highest BCUT2D eigenvalue weighted by Gasteiger charge is 2.17. The highest BCUT2D eigenvalue weighted by Crippen LogP contribution is 2.15. The summed E-state index contributed by atoms with van der Waals surface area (Å²) in [5.74, 6) is 0. The number of alkyl carbamates (subject to hydrolysis) is 1. The fourth-order valence-electron chi connectivity index (χ4n) is 1.26. The van der Waals surface area contributed by atoms with Gasteiger partial charge in [-0.15, -0.1) is 0 Å². The van der Waals surface area contributed by atoms with Crippen LogP contribution in [0.2, 0.25) is 0 Å². The highest BCUT2D eigenvalue weighted by atomic mass is 16.5. The van der Waals surface area contributed by atoms with E-state index in [0.29, 0.717) is 0 Å². The van der Waals surface area contributed by atoms with Crippen LogP contribution in [0.25, 0.3) is 0 Å². The summed E-state index contributed by atoms with van der Waals surface area (Å²) in [5.41, 5.74) is 0.765. The van der Waals surface area contributed by atoms with E-state index < -0.39 is 12.2 Å². The van der Waals surface area contributed by atoms with Gasteiger partial charge in [0.05, 0.1) is 19.3 Å². The molecule has 82 valence electrons. The Morgan fingerprint density at radius 3 is 2.53 bits per heavy atom. The average molecular weight is 209 g/mol. The first-order chi connectivity index (χ1) is 7.15. The Morgan fingerprint density at radius 1 is 1.40 bits per heavy atom. The fraction of sp³-hybridized carbons (Fsp3) is 0.364. The molecule has 15 heavy (non-hydrogen) atoms. The van der Waals surface area contributed by atoms with E-state index in [1.807, 2.05) is 18.2 Å². The molecule has 1 aromatic rings. The van der Waals surface area contributed by atoms with Gasteiger partial charge in [0.15, 0.2) is 0 Å². The lowest BCUT2D eigenvalue weighted by molar-refractivity contribution is 0.120. The second-order valence-corrected chi connectivity index (χ2v) is 3.28. The molecule has 0 radical (unpaired) electrons. The summed E-state index contributed by atoms with van der Waals surface area (Å²) in [7, 11) is 1.29. The molecular formula is C11H15NO3. The molecule has 4 nitrogen and oxygen atoms in total. The molecule has 1 aromatic carbocycles. The molecule has 0 fully saturated rings. The first kappa shape index (κ1) is 11.5. The molecule has 0 aromatic heterocycles. The predicted molar refractivity (Wildman–Crippen MR) is 56.4 cm³/mol. The monoisotopic (exact) mass is 209 g/mol. The zero-order valence-electron chi connectivity index (χ0n) is 8.81. The molecule has 2 N–H and O–H groups in total. The van der Waals surface area contributed by atoms with Crippen molar-refractivity contribution >= 4 is 6.09 Å². The molecule has 0 aliphatic carbocycles. The lowest BCUT2D eigenvalue weighted by Gasteiger charge is -2.19. The Balaban J connectivity index is 2.61. The highest BCUT2D eigenvalue weighted by molar-refractivity contribution is 5.67. The lowest BCUT2D eigenvalue weighted by Crippen LogP contribution is -2.36. The molecular weight excluding hydrogens is 194 g/mol. The van der Waals surface area contributed by atoms with Gasteiger partial charge < -0.3 is 15.2 Å². The molecule has 0 saturated carbocycles. The summed E-state index contributed by atoms with van der Waals surface area (Å²) in [6.45, 7) is 1.72. The van der Waals surface area contributed by atoms with Crippen molar-refractivity contribution in [3.05, 3.63) is 35.9 Å². The average Bonchev–Trinajstić information content (AvgIpc) is 2.29. The third-order valence-corrected chi connectivity index (χ3v) is 2.15. The lowest BCUT2D eigenvalue weighted by atomic mass is 10.0. The topological polar surface area (TPSA) is 58.6 Å². The molecule has 1 rings (SSSR count). The van der Waals surface area contributed by atoms with Crippen LogP contribution in [0.5, 0.6) is 0 Å². The van der Waals surface area contributed by atoms with Gasteiger partial charge >= 0.3 is 6.09 Å². The zero-order chi connectivity index (χ0) is 11.3. The van der Waals surface area contributed by atoms with E-state index in [1.54, 1.807) is 19.1 Å². The van der Waals surface area contributed by atoms with Crippen molar-refractivity contribution in [3.63, 3.8) is 0 Å². The van der Waals surface area contributed by atoms with Crippen molar-refractivity contribution < 1.29 is 14.6 Å². The van der Waals surface area contributed by atoms with Gasteiger partial charge in [-0.2, -0.15) is 0 Å². The Labute approximate surface area is 88.9 Å². The van der Waals surface area contributed by atoms with E-state index in [1.165, 1.54) is 7.11 Å². The molecule has 0 saturated heterocycles. The summed E-state index contributed by atoms with van der Waals surface area (Å²) in [4.78, 5) is 10.9. The SMILES string of the molecule is COC(=O)NC(C)C(O)c1ccccc1. The number of methoxy groups -OCH3 is 1. The molecule has 0 bridgehead atoms. The second kappa shape index (κ2) is 5.36. The Hall–Kier alpha value is -1.55. The number of rotatable bonds is 3. The Kier molecular flexibility index (Phi) is 4.12. The maximum Gasteiger partial charge on any atom is 0.407 e. The van der Waals surface area contributed by atoms with Gasteiger partial charge in [0.1, 0.15) is 0 Å². The van der Waals surface area contributed by atoms with E-state index in [9.17, 15) is 9.90 Å². The van der Waals surface area contributed by atoms with Crippen LogP contribution in [0.1, 0.15) is 18.6 Å². The van der Waals surface area contributed by atoms with Crippen LogP contribution in [0.4, 0.5) is 4.79 Å². The quantitative estimate of drug-likeness (QED) is 0.792. The summed E-state index contributed by atoms with van der Waals surface area (Å²) in [6, 6.07) is 8.77. The van der Waals surface area contributed by atoms with Gasteiger partial charge in [-0.25, -0.2) is 4.79 Å². The van der Waals surface area contributed by atoms with Crippen molar-refractivity contribution in [1.29, 1.82) is 0 Å². The second-order valence-electron chi connectivity index (χ2n) is 3.28. The summed E-state index contributed by atoms with van der Waals surface area (Å²) in [5, 5.41) is 12.4. The largest absolute Gasteiger partial charge is 0.453 e. The van der Waals surface area contributed by atoms with Gasteiger partial charge in [-0.05, 0) is 12.5 Å². The van der Waals surface area contributed by atoms with Crippen LogP contribution in [0.15, 0.2) is 30.3 Å². The normalized spacial score (nSPS) is 14.1. The van der Waals surface area contributed by atoms with Crippen LogP contribution in [-0.2, 0) is 4.74 Å². The van der Waals surface area contributed by atoms with Gasteiger partial charge in [0, 0.05) is 0 Å². The van der Waals surface area contributed by atoms with Crippen LogP contribution < -0.4 is 5.32 Å². The van der Waals surface area contributed by atoms with Crippen molar-refractivity contribution in [3.8, 4) is 0 Å². The van der Waals surface area contributed by atoms with Crippen molar-refractivity contribution in [2.24, 2.45) is 0 Å². The van der Waals surface area contributed by atoms with Gasteiger partial charge in [-0.1, -0.05) is 30.3 Å². The first-order valence-electron chi connectivity index (χ1n) is 4.72. The molecule has 4 heteroatoms. The van der Waals surface area contributed by atoms with Crippen LogP contribution in [-0.4, -0.2) is 24.4 Å². The molecule has 0 spiro atoms. The van der Waals surface area contributed by atoms with E-state index in [0.717, 1.165) is 5.56 Å². The summed E-state index contributed by atoms with van der Waals surface area (Å²) >= 11 is 0. The number of aliphatic hydroxyl groups is 1. The molecule has 0 aliphatic rings.